The molecule has 1 aromatic carbocycles. The number of anilines is 2. The molecule has 1 atom stereocenters. The first-order valence-electron chi connectivity index (χ1n) is 10.2. The lowest BCUT2D eigenvalue weighted by Crippen LogP contribution is -2.34. The number of hydrogen-bond acceptors (Lipinski definition) is 8. The van der Waals surface area contributed by atoms with Gasteiger partial charge in [0.05, 0.1) is 28.3 Å². The maximum absolute atomic E-state index is 14.0. The van der Waals surface area contributed by atoms with Crippen LogP contribution >= 0.6 is 11.3 Å². The second-order valence-corrected chi connectivity index (χ2v) is 9.37. The summed E-state index contributed by atoms with van der Waals surface area (Å²) >= 11 is 1.21. The number of aromatic nitrogens is 2. The molecule has 10 heteroatoms. The predicted octanol–water partition coefficient (Wildman–Crippen LogP) is 4.11. The fraction of sp³-hybridized carbons (Fsp3) is 0.409. The monoisotopic (exact) mass is 461 g/mol. The second kappa shape index (κ2) is 9.76. The number of rotatable bonds is 9. The van der Waals surface area contributed by atoms with Crippen molar-refractivity contribution in [3.8, 4) is 5.75 Å². The molecule has 0 saturated heterocycles. The SMILES string of the molecule is Cc1c(C(N)=O)sc2ncnc(Nc3ccc(F)cc3OC(C)CNCOC(C)(C)C)c12. The van der Waals surface area contributed by atoms with Gasteiger partial charge in [-0.2, -0.15) is 0 Å². The molecule has 1 amide bonds. The van der Waals surface area contributed by atoms with E-state index < -0.39 is 11.7 Å². The lowest BCUT2D eigenvalue weighted by atomic mass is 10.2. The molecule has 0 aliphatic carbocycles. The number of benzene rings is 1. The maximum atomic E-state index is 14.0. The van der Waals surface area contributed by atoms with Gasteiger partial charge in [0, 0.05) is 12.6 Å². The molecule has 32 heavy (non-hydrogen) atoms. The third-order valence-electron chi connectivity index (χ3n) is 4.51. The van der Waals surface area contributed by atoms with Crippen molar-refractivity contribution in [2.75, 3.05) is 18.6 Å². The number of nitrogens with two attached hydrogens (primary N) is 1. The molecule has 4 N–H and O–H groups in total. The molecule has 3 rings (SSSR count). The maximum Gasteiger partial charge on any atom is 0.259 e. The summed E-state index contributed by atoms with van der Waals surface area (Å²) in [4.78, 5) is 21.3. The molecule has 0 bridgehead atoms. The van der Waals surface area contributed by atoms with Gasteiger partial charge in [-0.3, -0.25) is 10.1 Å². The van der Waals surface area contributed by atoms with Gasteiger partial charge in [-0.05, 0) is 52.3 Å². The van der Waals surface area contributed by atoms with Gasteiger partial charge in [-0.1, -0.05) is 0 Å². The molecule has 0 aliphatic rings. The Kier molecular flexibility index (Phi) is 7.27. The highest BCUT2D eigenvalue weighted by Gasteiger charge is 2.19. The third-order valence-corrected chi connectivity index (χ3v) is 5.73. The summed E-state index contributed by atoms with van der Waals surface area (Å²) in [6, 6.07) is 4.24. The average molecular weight is 462 g/mol. The summed E-state index contributed by atoms with van der Waals surface area (Å²) in [7, 11) is 0. The standard InChI is InChI=1S/C22H28FN5O3S/c1-12(9-25-11-30-22(3,4)5)31-16-8-14(23)6-7-15(16)28-20-17-13(2)18(19(24)29)32-21(17)27-10-26-20/h6-8,10,12,25H,9,11H2,1-5H3,(H2,24,29)(H,26,27,28). The zero-order valence-electron chi connectivity index (χ0n) is 18.8. The van der Waals surface area contributed by atoms with Crippen molar-refractivity contribution in [2.24, 2.45) is 5.73 Å². The highest BCUT2D eigenvalue weighted by atomic mass is 32.1. The van der Waals surface area contributed by atoms with Crippen molar-refractivity contribution in [2.45, 2.75) is 46.3 Å². The normalized spacial score (nSPS) is 12.7. The Morgan fingerprint density at radius 3 is 2.75 bits per heavy atom. The zero-order chi connectivity index (χ0) is 23.5. The van der Waals surface area contributed by atoms with E-state index in [2.05, 4.69) is 20.6 Å². The Balaban J connectivity index is 1.79. The molecule has 0 radical (unpaired) electrons. The minimum Gasteiger partial charge on any atom is -0.487 e. The van der Waals surface area contributed by atoms with Crippen molar-refractivity contribution in [1.82, 2.24) is 15.3 Å². The third kappa shape index (κ3) is 5.90. The number of thiophene rings is 1. The van der Waals surface area contributed by atoms with Crippen LogP contribution in [0.3, 0.4) is 0 Å². The Labute approximate surface area is 190 Å². The number of aryl methyl sites for hydroxylation is 1. The lowest BCUT2D eigenvalue weighted by Gasteiger charge is -2.22. The van der Waals surface area contributed by atoms with Crippen LogP contribution in [0, 0.1) is 12.7 Å². The Bertz CT molecular complexity index is 1110. The number of ether oxygens (including phenoxy) is 2. The van der Waals surface area contributed by atoms with Crippen LogP contribution in [0.15, 0.2) is 24.5 Å². The molecule has 2 heterocycles. The van der Waals surface area contributed by atoms with Gasteiger partial charge in [0.1, 0.15) is 34.6 Å². The molecule has 0 fully saturated rings. The largest absolute Gasteiger partial charge is 0.487 e. The van der Waals surface area contributed by atoms with Crippen molar-refractivity contribution in [1.29, 1.82) is 0 Å². The number of nitrogens with one attached hydrogen (secondary N) is 2. The van der Waals surface area contributed by atoms with Crippen molar-refractivity contribution < 1.29 is 18.7 Å². The van der Waals surface area contributed by atoms with E-state index >= 15 is 0 Å². The van der Waals surface area contributed by atoms with Crippen LogP contribution in [0.25, 0.3) is 10.2 Å². The number of hydrogen-bond donors (Lipinski definition) is 3. The van der Waals surface area contributed by atoms with Crippen LogP contribution < -0.4 is 21.1 Å². The fourth-order valence-electron chi connectivity index (χ4n) is 3.01. The van der Waals surface area contributed by atoms with E-state index in [9.17, 15) is 9.18 Å². The highest BCUT2D eigenvalue weighted by molar-refractivity contribution is 7.20. The van der Waals surface area contributed by atoms with E-state index in [0.29, 0.717) is 51.2 Å². The van der Waals surface area contributed by atoms with Gasteiger partial charge in [0.15, 0.2) is 0 Å². The predicted molar refractivity (Wildman–Crippen MR) is 124 cm³/mol. The Hall–Kier alpha value is -2.82. The first kappa shape index (κ1) is 23.8. The van der Waals surface area contributed by atoms with Crippen LogP contribution in [0.5, 0.6) is 5.75 Å². The summed E-state index contributed by atoms with van der Waals surface area (Å²) in [5, 5.41) is 7.05. The van der Waals surface area contributed by atoms with E-state index in [1.54, 1.807) is 13.0 Å². The van der Waals surface area contributed by atoms with E-state index in [-0.39, 0.29) is 11.7 Å². The van der Waals surface area contributed by atoms with Crippen LogP contribution in [0.2, 0.25) is 0 Å². The summed E-state index contributed by atoms with van der Waals surface area (Å²) in [5.74, 6) is -0.112. The summed E-state index contributed by atoms with van der Waals surface area (Å²) < 4.78 is 25.6. The summed E-state index contributed by atoms with van der Waals surface area (Å²) in [5.41, 5.74) is 6.47. The minimum absolute atomic E-state index is 0.242. The number of fused-ring (bicyclic) bond motifs is 1. The first-order valence-corrected chi connectivity index (χ1v) is 11.0. The number of halogens is 1. The Morgan fingerprint density at radius 2 is 2.06 bits per heavy atom. The lowest BCUT2D eigenvalue weighted by molar-refractivity contribution is -0.0157. The van der Waals surface area contributed by atoms with Gasteiger partial charge in [-0.25, -0.2) is 14.4 Å². The van der Waals surface area contributed by atoms with E-state index in [4.69, 9.17) is 15.2 Å². The number of amides is 1. The van der Waals surface area contributed by atoms with Crippen LogP contribution in [-0.4, -0.2) is 40.9 Å². The topological polar surface area (TPSA) is 111 Å². The molecule has 1 unspecified atom stereocenters. The molecule has 3 aromatic rings. The fourth-order valence-corrected chi connectivity index (χ4v) is 4.01. The molecular formula is C22H28FN5O3S. The number of primary amides is 1. The molecule has 2 aromatic heterocycles. The van der Waals surface area contributed by atoms with Crippen molar-refractivity contribution in [3.05, 3.63) is 40.8 Å². The number of nitrogens with zero attached hydrogens (tertiary/aromatic N) is 2. The smallest absolute Gasteiger partial charge is 0.259 e. The Morgan fingerprint density at radius 1 is 1.31 bits per heavy atom. The van der Waals surface area contributed by atoms with Crippen LogP contribution in [0.1, 0.15) is 42.9 Å². The average Bonchev–Trinajstić information content (AvgIpc) is 3.04. The molecular weight excluding hydrogens is 433 g/mol. The van der Waals surface area contributed by atoms with Gasteiger partial charge in [-0.15, -0.1) is 11.3 Å². The molecule has 172 valence electrons. The first-order chi connectivity index (χ1) is 15.0. The van der Waals surface area contributed by atoms with Gasteiger partial charge < -0.3 is 20.5 Å². The van der Waals surface area contributed by atoms with E-state index in [0.717, 1.165) is 0 Å². The molecule has 8 nitrogen and oxygen atoms in total. The van der Waals surface area contributed by atoms with Gasteiger partial charge in [0.25, 0.3) is 5.91 Å². The quantitative estimate of drug-likeness (QED) is 0.325. The van der Waals surface area contributed by atoms with E-state index in [1.165, 1.54) is 29.8 Å². The number of carbonyl (C=O) groups excluding carboxylic acids is 1. The molecule has 0 saturated carbocycles. The minimum atomic E-state index is -0.515. The molecule has 0 spiro atoms. The second-order valence-electron chi connectivity index (χ2n) is 8.37. The summed E-state index contributed by atoms with van der Waals surface area (Å²) in [6.07, 6.45) is 1.15. The summed E-state index contributed by atoms with van der Waals surface area (Å²) in [6.45, 7) is 10.5. The number of carbonyl (C=O) groups is 1. The van der Waals surface area contributed by atoms with Crippen LogP contribution in [0.4, 0.5) is 15.9 Å². The van der Waals surface area contributed by atoms with Gasteiger partial charge >= 0.3 is 0 Å². The zero-order valence-corrected chi connectivity index (χ0v) is 19.6. The van der Waals surface area contributed by atoms with Crippen molar-refractivity contribution >= 4 is 39.0 Å². The molecule has 0 aliphatic heterocycles. The van der Waals surface area contributed by atoms with Gasteiger partial charge in [0.2, 0.25) is 0 Å². The van der Waals surface area contributed by atoms with Crippen LogP contribution in [-0.2, 0) is 4.74 Å². The van der Waals surface area contributed by atoms with Crippen molar-refractivity contribution in [3.63, 3.8) is 0 Å². The highest BCUT2D eigenvalue weighted by Crippen LogP contribution is 2.36. The van der Waals surface area contributed by atoms with E-state index in [1.807, 2.05) is 27.7 Å².